The van der Waals surface area contributed by atoms with Crippen LogP contribution < -0.4 is 16.2 Å². The van der Waals surface area contributed by atoms with Crippen molar-refractivity contribution in [3.8, 4) is 5.75 Å². The van der Waals surface area contributed by atoms with Gasteiger partial charge in [-0.25, -0.2) is 4.79 Å². The van der Waals surface area contributed by atoms with E-state index in [0.717, 1.165) is 0 Å². The summed E-state index contributed by atoms with van der Waals surface area (Å²) in [5.41, 5.74) is 10.6. The monoisotopic (exact) mass is 186 g/mol. The van der Waals surface area contributed by atoms with Gasteiger partial charge in [-0.15, -0.1) is 0 Å². The van der Waals surface area contributed by atoms with Crippen LogP contribution in [0.5, 0.6) is 5.75 Å². The Morgan fingerprint density at radius 3 is 2.67 bits per heavy atom. The van der Waals surface area contributed by atoms with Crippen molar-refractivity contribution in [2.45, 2.75) is 0 Å². The van der Waals surface area contributed by atoms with E-state index < -0.39 is 6.09 Å². The van der Waals surface area contributed by atoms with Gasteiger partial charge in [-0.05, 0) is 12.1 Å². The lowest BCUT2D eigenvalue weighted by molar-refractivity contribution is 0.211. The first-order valence-corrected chi connectivity index (χ1v) is 3.49. The van der Waals surface area contributed by atoms with E-state index in [-0.39, 0.29) is 5.75 Å². The molecule has 0 unspecified atom stereocenters. The smallest absolute Gasteiger partial charge is 0.409 e. The van der Waals surface area contributed by atoms with E-state index in [1.54, 1.807) is 0 Å². The maximum absolute atomic E-state index is 10.3. The van der Waals surface area contributed by atoms with Crippen LogP contribution >= 0.6 is 11.6 Å². The Balaban J connectivity index is 2.89. The van der Waals surface area contributed by atoms with Crippen LogP contribution in [0.1, 0.15) is 0 Å². The highest BCUT2D eigenvalue weighted by Gasteiger charge is 2.01. The summed E-state index contributed by atoms with van der Waals surface area (Å²) in [5, 5.41) is 0.409. The van der Waals surface area contributed by atoms with Gasteiger partial charge in [0.1, 0.15) is 5.75 Å². The van der Waals surface area contributed by atoms with E-state index in [4.69, 9.17) is 23.1 Å². The average molecular weight is 187 g/mol. The number of nitrogen functional groups attached to an aromatic ring is 1. The number of anilines is 1. The molecule has 0 spiro atoms. The number of amides is 1. The van der Waals surface area contributed by atoms with Crippen molar-refractivity contribution in [1.82, 2.24) is 0 Å². The van der Waals surface area contributed by atoms with Crippen LogP contribution in [-0.4, -0.2) is 6.09 Å². The summed E-state index contributed by atoms with van der Waals surface area (Å²) in [6, 6.07) is 4.45. The Labute approximate surface area is 74.1 Å². The second-order valence-corrected chi connectivity index (χ2v) is 2.51. The number of ether oxygens (including phenoxy) is 1. The molecule has 1 aromatic rings. The Bertz CT molecular complexity index is 314. The third-order valence-electron chi connectivity index (χ3n) is 1.19. The molecule has 0 saturated heterocycles. The van der Waals surface area contributed by atoms with Crippen molar-refractivity contribution in [1.29, 1.82) is 0 Å². The quantitative estimate of drug-likeness (QED) is 0.651. The Morgan fingerprint density at radius 1 is 1.50 bits per heavy atom. The van der Waals surface area contributed by atoms with Crippen LogP contribution in [0, 0.1) is 0 Å². The van der Waals surface area contributed by atoms with Crippen molar-refractivity contribution in [2.75, 3.05) is 5.73 Å². The van der Waals surface area contributed by atoms with E-state index in [2.05, 4.69) is 4.74 Å². The summed E-state index contributed by atoms with van der Waals surface area (Å²) in [4.78, 5) is 10.3. The van der Waals surface area contributed by atoms with Crippen LogP contribution in [0.25, 0.3) is 0 Å². The molecule has 0 heterocycles. The van der Waals surface area contributed by atoms with Gasteiger partial charge in [0.2, 0.25) is 0 Å². The largest absolute Gasteiger partial charge is 0.410 e. The lowest BCUT2D eigenvalue weighted by Gasteiger charge is -2.02. The van der Waals surface area contributed by atoms with E-state index in [1.807, 2.05) is 0 Å². The van der Waals surface area contributed by atoms with E-state index in [0.29, 0.717) is 10.7 Å². The second-order valence-electron chi connectivity index (χ2n) is 2.10. The van der Waals surface area contributed by atoms with Crippen LogP contribution in [0.4, 0.5) is 10.5 Å². The first kappa shape index (κ1) is 8.67. The minimum atomic E-state index is -0.878. The summed E-state index contributed by atoms with van der Waals surface area (Å²) in [5.74, 6) is 0.282. The van der Waals surface area contributed by atoms with E-state index >= 15 is 0 Å². The Kier molecular flexibility index (Phi) is 2.40. The molecule has 0 aliphatic carbocycles. The van der Waals surface area contributed by atoms with Gasteiger partial charge in [0.15, 0.2) is 0 Å². The summed E-state index contributed by atoms with van der Waals surface area (Å²) in [7, 11) is 0. The van der Waals surface area contributed by atoms with Gasteiger partial charge in [-0.3, -0.25) is 0 Å². The summed E-state index contributed by atoms with van der Waals surface area (Å²) in [6.07, 6.45) is -0.878. The molecule has 1 aromatic carbocycles. The topological polar surface area (TPSA) is 78.3 Å². The fourth-order valence-corrected chi connectivity index (χ4v) is 0.819. The minimum absolute atomic E-state index is 0.282. The van der Waals surface area contributed by atoms with Crippen molar-refractivity contribution < 1.29 is 9.53 Å². The zero-order valence-electron chi connectivity index (χ0n) is 6.08. The number of hydrogen-bond donors (Lipinski definition) is 2. The second kappa shape index (κ2) is 3.32. The number of carbonyl (C=O) groups excluding carboxylic acids is 1. The van der Waals surface area contributed by atoms with Crippen LogP contribution in [0.2, 0.25) is 5.02 Å². The molecule has 12 heavy (non-hydrogen) atoms. The molecule has 4 N–H and O–H groups in total. The van der Waals surface area contributed by atoms with Gasteiger partial charge in [0.25, 0.3) is 0 Å². The van der Waals surface area contributed by atoms with Gasteiger partial charge in [-0.2, -0.15) is 0 Å². The van der Waals surface area contributed by atoms with Crippen LogP contribution in [0.15, 0.2) is 18.2 Å². The maximum atomic E-state index is 10.3. The highest BCUT2D eigenvalue weighted by atomic mass is 35.5. The van der Waals surface area contributed by atoms with Crippen LogP contribution in [0.3, 0.4) is 0 Å². The third-order valence-corrected chi connectivity index (χ3v) is 1.53. The lowest BCUT2D eigenvalue weighted by atomic mass is 10.3. The van der Waals surface area contributed by atoms with Crippen molar-refractivity contribution in [3.05, 3.63) is 23.2 Å². The normalized spacial score (nSPS) is 9.42. The number of carbonyl (C=O) groups is 1. The average Bonchev–Trinajstić information content (AvgIpc) is 1.96. The number of hydrogen-bond acceptors (Lipinski definition) is 3. The molecule has 4 nitrogen and oxygen atoms in total. The van der Waals surface area contributed by atoms with Crippen molar-refractivity contribution in [2.24, 2.45) is 5.73 Å². The molecule has 0 fully saturated rings. The molecular formula is C7H7ClN2O2. The van der Waals surface area contributed by atoms with Crippen molar-refractivity contribution >= 4 is 23.4 Å². The first-order valence-electron chi connectivity index (χ1n) is 3.12. The fourth-order valence-electron chi connectivity index (χ4n) is 0.701. The minimum Gasteiger partial charge on any atom is -0.410 e. The standard InChI is InChI=1S/C7H7ClN2O2/c8-5-2-1-4(3-6(5)9)12-7(10)11/h1-3H,9H2,(H2,10,11). The van der Waals surface area contributed by atoms with Gasteiger partial charge < -0.3 is 16.2 Å². The highest BCUT2D eigenvalue weighted by Crippen LogP contribution is 2.23. The zero-order valence-corrected chi connectivity index (χ0v) is 6.84. The molecular weight excluding hydrogens is 180 g/mol. The summed E-state index contributed by atoms with van der Waals surface area (Å²) < 4.78 is 4.55. The number of halogens is 1. The number of rotatable bonds is 1. The van der Waals surface area contributed by atoms with Crippen molar-refractivity contribution in [3.63, 3.8) is 0 Å². The number of primary amides is 1. The lowest BCUT2D eigenvalue weighted by Crippen LogP contribution is -2.16. The highest BCUT2D eigenvalue weighted by molar-refractivity contribution is 6.33. The molecule has 0 aliphatic heterocycles. The molecule has 64 valence electrons. The molecule has 1 rings (SSSR count). The van der Waals surface area contributed by atoms with Crippen LogP contribution in [-0.2, 0) is 0 Å². The molecule has 0 atom stereocenters. The number of nitrogens with two attached hydrogens (primary N) is 2. The molecule has 0 saturated carbocycles. The maximum Gasteiger partial charge on any atom is 0.409 e. The SMILES string of the molecule is NC(=O)Oc1ccc(Cl)c(N)c1. The summed E-state index contributed by atoms with van der Waals surface area (Å²) >= 11 is 5.62. The Hall–Kier alpha value is -1.42. The molecule has 5 heteroatoms. The first-order chi connectivity index (χ1) is 5.59. The molecule has 0 radical (unpaired) electrons. The molecule has 0 bridgehead atoms. The molecule has 1 amide bonds. The number of benzene rings is 1. The predicted octanol–water partition coefficient (Wildman–Crippen LogP) is 1.38. The Morgan fingerprint density at radius 2 is 2.17 bits per heavy atom. The predicted molar refractivity (Wildman–Crippen MR) is 46.1 cm³/mol. The zero-order chi connectivity index (χ0) is 9.14. The third kappa shape index (κ3) is 2.03. The van der Waals surface area contributed by atoms with E-state index in [1.165, 1.54) is 18.2 Å². The van der Waals surface area contributed by atoms with Gasteiger partial charge in [-0.1, -0.05) is 11.6 Å². The fraction of sp³-hybridized carbons (Fsp3) is 0. The summed E-state index contributed by atoms with van der Waals surface area (Å²) in [6.45, 7) is 0. The van der Waals surface area contributed by atoms with Gasteiger partial charge in [0, 0.05) is 6.07 Å². The van der Waals surface area contributed by atoms with Gasteiger partial charge >= 0.3 is 6.09 Å². The molecule has 0 aliphatic rings. The van der Waals surface area contributed by atoms with Gasteiger partial charge in [0.05, 0.1) is 10.7 Å². The molecule has 0 aromatic heterocycles. The van der Waals surface area contributed by atoms with E-state index in [9.17, 15) is 4.79 Å².